The molecule has 0 aromatic rings. The Hall–Kier alpha value is -1.03. The van der Waals surface area contributed by atoms with Gasteiger partial charge in [0, 0.05) is 0 Å². The summed E-state index contributed by atoms with van der Waals surface area (Å²) in [5.74, 6) is -0.0851. The lowest BCUT2D eigenvalue weighted by Gasteiger charge is -2.36. The summed E-state index contributed by atoms with van der Waals surface area (Å²) in [6, 6.07) is 0. The first-order chi connectivity index (χ1) is 7.84. The van der Waals surface area contributed by atoms with E-state index in [0.29, 0.717) is 0 Å². The molecule has 2 fully saturated rings. The second-order valence-electron chi connectivity index (χ2n) is 4.68. The fourth-order valence-corrected chi connectivity index (χ4v) is 2.71. The molecule has 0 N–H and O–H groups in total. The molecule has 4 heteroatoms. The Balaban J connectivity index is 1.75. The highest BCUT2D eigenvalue weighted by atomic mass is 16.6. The van der Waals surface area contributed by atoms with Gasteiger partial charge in [-0.2, -0.15) is 0 Å². The molecule has 0 bridgehead atoms. The third kappa shape index (κ3) is 1.71. The Morgan fingerprint density at radius 1 is 1.31 bits per heavy atom. The minimum Gasteiger partial charge on any atom is -0.505 e. The van der Waals surface area contributed by atoms with E-state index in [1.54, 1.807) is 0 Å². The van der Waals surface area contributed by atoms with Crippen LogP contribution in [-0.4, -0.2) is 19.2 Å². The van der Waals surface area contributed by atoms with Crippen LogP contribution in [0.5, 0.6) is 0 Å². The molecule has 0 aromatic heterocycles. The number of hydrogen-bond donors (Lipinski definition) is 0. The second-order valence-corrected chi connectivity index (χ2v) is 4.68. The van der Waals surface area contributed by atoms with E-state index in [9.17, 15) is 4.79 Å². The molecule has 0 radical (unpaired) electrons. The van der Waals surface area contributed by atoms with E-state index in [2.05, 4.69) is 12.2 Å². The van der Waals surface area contributed by atoms with Gasteiger partial charge in [0.15, 0.2) is 0 Å². The molecule has 1 aliphatic heterocycles. The van der Waals surface area contributed by atoms with E-state index in [1.807, 2.05) is 6.08 Å². The predicted octanol–water partition coefficient (Wildman–Crippen LogP) is 2.03. The van der Waals surface area contributed by atoms with Crippen LogP contribution in [0.3, 0.4) is 0 Å². The lowest BCUT2D eigenvalue weighted by Crippen LogP contribution is -2.48. The summed E-state index contributed by atoms with van der Waals surface area (Å²) >= 11 is 0. The average Bonchev–Trinajstić information content (AvgIpc) is 2.82. The van der Waals surface area contributed by atoms with Crippen LogP contribution in [0.1, 0.15) is 32.1 Å². The van der Waals surface area contributed by atoms with Crippen LogP contribution >= 0.6 is 0 Å². The topological polar surface area (TPSA) is 35.5 Å². The van der Waals surface area contributed by atoms with Crippen molar-refractivity contribution in [2.75, 3.05) is 0 Å². The number of allylic oxidation sites excluding steroid dienone is 4. The molecule has 84 valence electrons. The van der Waals surface area contributed by atoms with E-state index in [4.69, 9.17) is 9.31 Å². The molecule has 0 amide bonds. The van der Waals surface area contributed by atoms with Crippen molar-refractivity contribution in [2.45, 2.75) is 38.2 Å². The standard InChI is InChI=1S/C12H15BO3/c14-12-10-7-3-4-8-11(10)15-13(16-12)9-5-1-2-6-9/h1,5-6,10-11H,2-4,7-8H2/t10-,11+/m0/s1. The average molecular weight is 218 g/mol. The van der Waals surface area contributed by atoms with Crippen molar-refractivity contribution in [1.29, 1.82) is 0 Å². The summed E-state index contributed by atoms with van der Waals surface area (Å²) in [7, 11) is -0.453. The zero-order chi connectivity index (χ0) is 11.0. The van der Waals surface area contributed by atoms with Gasteiger partial charge in [-0.05, 0) is 24.7 Å². The van der Waals surface area contributed by atoms with Crippen molar-refractivity contribution in [2.24, 2.45) is 5.92 Å². The van der Waals surface area contributed by atoms with Gasteiger partial charge in [-0.1, -0.05) is 31.1 Å². The minimum atomic E-state index is -0.453. The molecular formula is C12H15BO3. The molecule has 0 spiro atoms. The van der Waals surface area contributed by atoms with Crippen molar-refractivity contribution < 1.29 is 14.1 Å². The first-order valence-corrected chi connectivity index (χ1v) is 6.07. The molecule has 0 aromatic carbocycles. The van der Waals surface area contributed by atoms with Gasteiger partial charge in [0.2, 0.25) is 0 Å². The third-order valence-corrected chi connectivity index (χ3v) is 3.60. The molecule has 1 heterocycles. The maximum absolute atomic E-state index is 11.8. The van der Waals surface area contributed by atoms with Crippen LogP contribution in [0.25, 0.3) is 0 Å². The van der Waals surface area contributed by atoms with Gasteiger partial charge in [-0.15, -0.1) is 0 Å². The van der Waals surface area contributed by atoms with E-state index in [0.717, 1.165) is 37.6 Å². The molecule has 1 saturated heterocycles. The van der Waals surface area contributed by atoms with E-state index < -0.39 is 7.12 Å². The zero-order valence-corrected chi connectivity index (χ0v) is 9.22. The molecule has 2 atom stereocenters. The van der Waals surface area contributed by atoms with Crippen molar-refractivity contribution in [3.05, 3.63) is 23.7 Å². The van der Waals surface area contributed by atoms with Gasteiger partial charge in [-0.25, -0.2) is 0 Å². The summed E-state index contributed by atoms with van der Waals surface area (Å²) in [5, 5.41) is 0. The quantitative estimate of drug-likeness (QED) is 0.631. The molecule has 1 saturated carbocycles. The fraction of sp³-hybridized carbons (Fsp3) is 0.583. The highest BCUT2D eigenvalue weighted by Gasteiger charge is 2.44. The summed E-state index contributed by atoms with van der Waals surface area (Å²) in [5.41, 5.74) is 0.998. The normalized spacial score (nSPS) is 33.4. The summed E-state index contributed by atoms with van der Waals surface area (Å²) < 4.78 is 11.2. The summed E-state index contributed by atoms with van der Waals surface area (Å²) in [6.45, 7) is 0. The lowest BCUT2D eigenvalue weighted by molar-refractivity contribution is -0.152. The molecular weight excluding hydrogens is 203 g/mol. The van der Waals surface area contributed by atoms with Gasteiger partial charge in [0.05, 0.1) is 12.0 Å². The van der Waals surface area contributed by atoms with E-state index in [-0.39, 0.29) is 18.0 Å². The summed E-state index contributed by atoms with van der Waals surface area (Å²) in [4.78, 5) is 11.8. The zero-order valence-electron chi connectivity index (χ0n) is 9.22. The van der Waals surface area contributed by atoms with Gasteiger partial charge in [0.25, 0.3) is 5.97 Å². The lowest BCUT2D eigenvalue weighted by atomic mass is 9.74. The largest absolute Gasteiger partial charge is 0.564 e. The number of fused-ring (bicyclic) bond motifs is 1. The van der Waals surface area contributed by atoms with Crippen LogP contribution in [0, 0.1) is 5.92 Å². The molecule has 3 nitrogen and oxygen atoms in total. The Kier molecular flexibility index (Phi) is 2.60. The number of hydrogen-bond acceptors (Lipinski definition) is 3. The van der Waals surface area contributed by atoms with Crippen LogP contribution < -0.4 is 0 Å². The van der Waals surface area contributed by atoms with Crippen LogP contribution in [0.15, 0.2) is 23.7 Å². The first-order valence-electron chi connectivity index (χ1n) is 6.07. The number of rotatable bonds is 1. The van der Waals surface area contributed by atoms with Crippen LogP contribution in [-0.2, 0) is 14.1 Å². The Morgan fingerprint density at radius 2 is 2.19 bits per heavy atom. The Morgan fingerprint density at radius 3 is 3.00 bits per heavy atom. The maximum Gasteiger partial charge on any atom is 0.564 e. The van der Waals surface area contributed by atoms with Crippen molar-refractivity contribution >= 4 is 13.1 Å². The first kappa shape index (κ1) is 10.1. The van der Waals surface area contributed by atoms with Gasteiger partial charge < -0.3 is 9.31 Å². The Labute approximate surface area is 95.6 Å². The molecule has 16 heavy (non-hydrogen) atoms. The van der Waals surface area contributed by atoms with Crippen molar-refractivity contribution in [3.63, 3.8) is 0 Å². The van der Waals surface area contributed by atoms with Crippen LogP contribution in [0.4, 0.5) is 0 Å². The minimum absolute atomic E-state index is 0.0176. The smallest absolute Gasteiger partial charge is 0.505 e. The number of carbonyl (C=O) groups is 1. The third-order valence-electron chi connectivity index (χ3n) is 3.60. The van der Waals surface area contributed by atoms with Crippen LogP contribution in [0.2, 0.25) is 0 Å². The predicted molar refractivity (Wildman–Crippen MR) is 60.5 cm³/mol. The Bertz CT molecular complexity index is 361. The second kappa shape index (κ2) is 4.09. The molecule has 2 aliphatic carbocycles. The van der Waals surface area contributed by atoms with Gasteiger partial charge in [0.1, 0.15) is 0 Å². The number of carbonyl (C=O) groups excluding carboxylic acids is 1. The maximum atomic E-state index is 11.8. The van der Waals surface area contributed by atoms with E-state index >= 15 is 0 Å². The highest BCUT2D eigenvalue weighted by Crippen LogP contribution is 2.33. The summed E-state index contributed by atoms with van der Waals surface area (Å²) in [6.07, 6.45) is 11.3. The van der Waals surface area contributed by atoms with Gasteiger partial charge >= 0.3 is 7.12 Å². The van der Waals surface area contributed by atoms with Gasteiger partial charge in [-0.3, -0.25) is 4.79 Å². The molecule has 0 unspecified atom stereocenters. The van der Waals surface area contributed by atoms with E-state index in [1.165, 1.54) is 0 Å². The molecule has 3 aliphatic rings. The molecule has 3 rings (SSSR count). The fourth-order valence-electron chi connectivity index (χ4n) is 2.71. The van der Waals surface area contributed by atoms with Crippen molar-refractivity contribution in [1.82, 2.24) is 0 Å². The SMILES string of the molecule is O=C1OB(C2=CCC=C2)O[C@@H]2CCCC[C@H]12. The van der Waals surface area contributed by atoms with Crippen molar-refractivity contribution in [3.8, 4) is 0 Å². The monoisotopic (exact) mass is 218 g/mol. The highest BCUT2D eigenvalue weighted by molar-refractivity contribution is 6.57.